The van der Waals surface area contributed by atoms with Crippen LogP contribution in [0.5, 0.6) is 0 Å². The third-order valence-electron chi connectivity index (χ3n) is 4.75. The van der Waals surface area contributed by atoms with Crippen molar-refractivity contribution >= 4 is 58.4 Å². The normalized spacial score (nSPS) is 11.6. The topological polar surface area (TPSA) is 207 Å². The van der Waals surface area contributed by atoms with Crippen LogP contribution in [0.15, 0.2) is 58.5 Å². The van der Waals surface area contributed by atoms with Gasteiger partial charge in [0.2, 0.25) is 23.8 Å². The Hall–Kier alpha value is -3.90. The average molecular weight is 535 g/mol. The van der Waals surface area contributed by atoms with Crippen molar-refractivity contribution in [2.45, 2.75) is 25.7 Å². The van der Waals surface area contributed by atoms with E-state index in [-0.39, 0.29) is 23.8 Å². The summed E-state index contributed by atoms with van der Waals surface area (Å²) in [5.74, 6) is -0.285. The van der Waals surface area contributed by atoms with Gasteiger partial charge in [0, 0.05) is 13.1 Å². The maximum atomic E-state index is 7.75. The summed E-state index contributed by atoms with van der Waals surface area (Å²) in [6, 6.07) is 13.9. The van der Waals surface area contributed by atoms with Gasteiger partial charge in [-0.15, -0.1) is 0 Å². The van der Waals surface area contributed by atoms with E-state index >= 15 is 0 Å². The molecule has 0 aliphatic heterocycles. The van der Waals surface area contributed by atoms with E-state index in [1.165, 1.54) is 10.0 Å². The number of benzene rings is 2. The van der Waals surface area contributed by atoms with Gasteiger partial charge in [-0.1, -0.05) is 60.3 Å². The van der Waals surface area contributed by atoms with E-state index in [9.17, 15) is 0 Å². The van der Waals surface area contributed by atoms with Crippen LogP contribution >= 0.6 is 23.2 Å². The minimum absolute atomic E-state index is 0.127. The number of aliphatic imine (C=N–C) groups is 2. The highest BCUT2D eigenvalue weighted by Gasteiger charge is 2.14. The largest absolute Gasteiger partial charge is 0.369 e. The van der Waals surface area contributed by atoms with E-state index in [2.05, 4.69) is 20.8 Å². The molecule has 0 aromatic heterocycles. The summed E-state index contributed by atoms with van der Waals surface area (Å²) >= 11 is 12.3. The lowest BCUT2D eigenvalue weighted by atomic mass is 10.2. The number of guanidine groups is 4. The fourth-order valence-electron chi connectivity index (χ4n) is 3.04. The van der Waals surface area contributed by atoms with E-state index in [1.54, 1.807) is 48.5 Å². The smallest absolute Gasteiger partial charge is 0.212 e. The Balaban J connectivity index is 1.72. The van der Waals surface area contributed by atoms with Crippen LogP contribution in [0.1, 0.15) is 25.7 Å². The number of hydrogen-bond acceptors (Lipinski definition) is 4. The van der Waals surface area contributed by atoms with Crippen LogP contribution in [-0.4, -0.2) is 36.9 Å². The molecule has 0 unspecified atom stereocenters. The van der Waals surface area contributed by atoms with E-state index in [0.29, 0.717) is 34.5 Å². The predicted octanol–water partition coefficient (Wildman–Crippen LogP) is 2.29. The van der Waals surface area contributed by atoms with E-state index in [0.717, 1.165) is 25.7 Å². The Morgan fingerprint density at radius 2 is 1.03 bits per heavy atom. The first-order valence-electron chi connectivity index (χ1n) is 11.1. The van der Waals surface area contributed by atoms with E-state index in [1.807, 2.05) is 0 Å². The summed E-state index contributed by atoms with van der Waals surface area (Å²) in [6.07, 6.45) is 3.47. The third kappa shape index (κ3) is 9.04. The number of nitrogens with zero attached hydrogens (tertiary/aromatic N) is 4. The molecule has 0 aliphatic rings. The molecule has 0 atom stereocenters. The molecule has 0 spiro atoms. The van der Waals surface area contributed by atoms with Crippen LogP contribution in [-0.2, 0) is 0 Å². The number of unbranched alkanes of at least 4 members (excludes halogenated alkanes) is 3. The molecule has 0 heterocycles. The van der Waals surface area contributed by atoms with Crippen molar-refractivity contribution in [3.05, 3.63) is 58.6 Å². The van der Waals surface area contributed by atoms with Gasteiger partial charge in [0.15, 0.2) is 0 Å². The molecule has 0 radical (unpaired) electrons. The number of hydrazine groups is 2. The van der Waals surface area contributed by atoms with Crippen molar-refractivity contribution in [2.75, 3.05) is 23.1 Å². The highest BCUT2D eigenvalue weighted by Crippen LogP contribution is 2.24. The van der Waals surface area contributed by atoms with Gasteiger partial charge in [0.1, 0.15) is 0 Å². The Bertz CT molecular complexity index is 1000. The minimum Gasteiger partial charge on any atom is -0.369 e. The summed E-state index contributed by atoms with van der Waals surface area (Å²) in [5.41, 5.74) is 29.7. The molecule has 12 N–H and O–H groups in total. The van der Waals surface area contributed by atoms with Crippen LogP contribution in [0, 0.1) is 10.8 Å². The van der Waals surface area contributed by atoms with Crippen LogP contribution in [0.2, 0.25) is 10.0 Å². The lowest BCUT2D eigenvalue weighted by Crippen LogP contribution is -2.52. The van der Waals surface area contributed by atoms with Crippen molar-refractivity contribution in [1.82, 2.24) is 10.9 Å². The zero-order chi connectivity index (χ0) is 26.5. The first-order chi connectivity index (χ1) is 17.2. The van der Waals surface area contributed by atoms with Gasteiger partial charge in [-0.25, -0.2) is 10.0 Å². The molecule has 0 aliphatic carbocycles. The Kier molecular flexibility index (Phi) is 11.4. The molecule has 194 valence electrons. The molecule has 14 heteroatoms. The van der Waals surface area contributed by atoms with Gasteiger partial charge in [-0.05, 0) is 37.1 Å². The van der Waals surface area contributed by atoms with Crippen LogP contribution in [0.3, 0.4) is 0 Å². The molecule has 0 saturated carbocycles. The molecule has 12 nitrogen and oxygen atoms in total. The van der Waals surface area contributed by atoms with Gasteiger partial charge in [0.25, 0.3) is 0 Å². The van der Waals surface area contributed by atoms with Gasteiger partial charge >= 0.3 is 0 Å². The van der Waals surface area contributed by atoms with E-state index in [4.69, 9.17) is 57.0 Å². The van der Waals surface area contributed by atoms with Crippen molar-refractivity contribution < 1.29 is 0 Å². The Labute approximate surface area is 220 Å². The van der Waals surface area contributed by atoms with Crippen molar-refractivity contribution in [1.29, 1.82) is 10.8 Å². The van der Waals surface area contributed by atoms with Crippen molar-refractivity contribution in [2.24, 2.45) is 32.9 Å². The molecule has 0 fully saturated rings. The highest BCUT2D eigenvalue weighted by atomic mass is 35.5. The maximum absolute atomic E-state index is 7.75. The quantitative estimate of drug-likeness (QED) is 0.103. The number of hydrogen-bond donors (Lipinski definition) is 8. The van der Waals surface area contributed by atoms with E-state index < -0.39 is 0 Å². The van der Waals surface area contributed by atoms with Gasteiger partial charge in [-0.2, -0.15) is 0 Å². The second kappa shape index (κ2) is 14.5. The monoisotopic (exact) mass is 534 g/mol. The fourth-order valence-corrected chi connectivity index (χ4v) is 3.48. The highest BCUT2D eigenvalue weighted by molar-refractivity contribution is 6.34. The first kappa shape index (κ1) is 28.3. The predicted molar refractivity (Wildman–Crippen MR) is 149 cm³/mol. The average Bonchev–Trinajstić information content (AvgIpc) is 2.83. The minimum atomic E-state index is -0.270. The number of para-hydroxylation sites is 2. The number of nitrogens with two attached hydrogens (primary N) is 4. The fraction of sp³-hybridized carbons (Fsp3) is 0.273. The maximum Gasteiger partial charge on any atom is 0.212 e. The molecular weight excluding hydrogens is 503 g/mol. The standard InChI is InChI=1S/C22H32Cl2N12/c23-15-9-3-5-11-17(15)35(19(25)26)33-21(29)31-13-7-1-2-8-14-32-22(30)34-36(20(27)28)18-12-6-4-10-16(18)24/h3-6,9-12H,1-2,7-8,13-14H2,(H3,25,26)(H3,27,28)(H3,29,31,33)(H3,30,32,34). The zero-order valence-corrected chi connectivity index (χ0v) is 21.2. The van der Waals surface area contributed by atoms with Crippen molar-refractivity contribution in [3.63, 3.8) is 0 Å². The third-order valence-corrected chi connectivity index (χ3v) is 5.39. The van der Waals surface area contributed by atoms with Crippen LogP contribution < -0.4 is 43.8 Å². The van der Waals surface area contributed by atoms with Gasteiger partial charge < -0.3 is 22.9 Å². The second-order valence-corrected chi connectivity index (χ2v) is 8.33. The van der Waals surface area contributed by atoms with Gasteiger partial charge in [0.05, 0.1) is 21.4 Å². The molecule has 0 saturated heterocycles. The summed E-state index contributed by atoms with van der Waals surface area (Å²) < 4.78 is 0. The van der Waals surface area contributed by atoms with Gasteiger partial charge in [-0.3, -0.25) is 31.7 Å². The van der Waals surface area contributed by atoms with Crippen molar-refractivity contribution in [3.8, 4) is 0 Å². The number of nitrogens with one attached hydrogen (secondary N) is 4. The molecule has 2 aromatic rings. The summed E-state index contributed by atoms with van der Waals surface area (Å²) in [6.45, 7) is 1.01. The Morgan fingerprint density at radius 3 is 1.36 bits per heavy atom. The molecule has 0 amide bonds. The lowest BCUT2D eigenvalue weighted by Gasteiger charge is -2.24. The summed E-state index contributed by atoms with van der Waals surface area (Å²) in [4.78, 5) is 8.55. The van der Waals surface area contributed by atoms with Crippen LogP contribution in [0.25, 0.3) is 0 Å². The SMILES string of the molecule is N=C(N)N(NC(N)=NCCCCCCN=C(N)NN(C(=N)N)c1ccccc1Cl)c1ccccc1Cl. The molecular formula is C22H32Cl2N12. The zero-order valence-electron chi connectivity index (χ0n) is 19.7. The number of halogens is 2. The van der Waals surface area contributed by atoms with Crippen LogP contribution in [0.4, 0.5) is 11.4 Å². The number of anilines is 2. The molecule has 0 bridgehead atoms. The molecule has 2 aromatic carbocycles. The second-order valence-electron chi connectivity index (χ2n) is 7.52. The molecule has 2 rings (SSSR count). The number of rotatable bonds is 9. The lowest BCUT2D eigenvalue weighted by molar-refractivity contribution is 0.651. The Morgan fingerprint density at radius 1 is 0.667 bits per heavy atom. The first-order valence-corrected chi connectivity index (χ1v) is 11.9. The summed E-state index contributed by atoms with van der Waals surface area (Å²) in [5, 5.41) is 18.9. The summed E-state index contributed by atoms with van der Waals surface area (Å²) in [7, 11) is 0. The molecule has 36 heavy (non-hydrogen) atoms.